The van der Waals surface area contributed by atoms with Crippen molar-refractivity contribution < 1.29 is 9.32 Å². The van der Waals surface area contributed by atoms with Crippen molar-refractivity contribution in [3.05, 3.63) is 59.4 Å². The van der Waals surface area contributed by atoms with E-state index in [-0.39, 0.29) is 5.91 Å². The van der Waals surface area contributed by atoms with Gasteiger partial charge < -0.3 is 15.2 Å². The molecule has 8 nitrogen and oxygen atoms in total. The van der Waals surface area contributed by atoms with Crippen molar-refractivity contribution in [3.63, 3.8) is 0 Å². The molecule has 0 atom stereocenters. The van der Waals surface area contributed by atoms with Crippen LogP contribution >= 0.6 is 34.7 Å². The van der Waals surface area contributed by atoms with E-state index in [0.717, 1.165) is 15.6 Å². The molecule has 0 aliphatic rings. The van der Waals surface area contributed by atoms with E-state index in [1.807, 2.05) is 36.4 Å². The van der Waals surface area contributed by atoms with Gasteiger partial charge in [0.25, 0.3) is 0 Å². The number of hydrogen-bond donors (Lipinski definition) is 2. The van der Waals surface area contributed by atoms with Crippen LogP contribution in [0.5, 0.6) is 0 Å². The Bertz CT molecular complexity index is 1180. The normalized spacial score (nSPS) is 10.7. The van der Waals surface area contributed by atoms with E-state index in [0.29, 0.717) is 33.3 Å². The Kier molecular flexibility index (Phi) is 6.26. The topological polar surface area (TPSA) is 106 Å². The molecule has 0 saturated heterocycles. The van der Waals surface area contributed by atoms with E-state index in [9.17, 15) is 4.79 Å². The Morgan fingerprint density at radius 1 is 1.17 bits per heavy atom. The SMILES string of the molecule is CC(=O)Nc1cccc(Nc2nnc(SCc3nc(-c4cccc(Cl)c4)no3)s2)c1. The molecule has 2 heterocycles. The molecular formula is C19H15ClN6O2S2. The second kappa shape index (κ2) is 9.24. The molecule has 0 aliphatic carbocycles. The summed E-state index contributed by atoms with van der Waals surface area (Å²) in [6.45, 7) is 1.47. The number of thioether (sulfide) groups is 1. The Labute approximate surface area is 185 Å². The van der Waals surface area contributed by atoms with Crippen LogP contribution in [0.15, 0.2) is 57.4 Å². The first-order chi connectivity index (χ1) is 14.5. The fourth-order valence-electron chi connectivity index (χ4n) is 2.50. The third-order valence-corrected chi connectivity index (χ3v) is 5.90. The maximum atomic E-state index is 11.2. The number of rotatable bonds is 7. The van der Waals surface area contributed by atoms with Gasteiger partial charge in [0.2, 0.25) is 22.8 Å². The maximum absolute atomic E-state index is 11.2. The standard InChI is InChI=1S/C19H15ClN6O2S2/c1-11(27)21-14-6-3-7-15(9-14)22-18-24-25-19(30-18)29-10-16-23-17(26-28-16)12-4-2-5-13(20)8-12/h2-9H,10H2,1H3,(H,21,27)(H,22,24). The van der Waals surface area contributed by atoms with Crippen LogP contribution < -0.4 is 10.6 Å². The number of nitrogens with one attached hydrogen (secondary N) is 2. The number of aromatic nitrogens is 4. The van der Waals surface area contributed by atoms with E-state index in [1.165, 1.54) is 30.0 Å². The van der Waals surface area contributed by atoms with E-state index < -0.39 is 0 Å². The Morgan fingerprint density at radius 2 is 2.00 bits per heavy atom. The van der Waals surface area contributed by atoms with E-state index >= 15 is 0 Å². The quantitative estimate of drug-likeness (QED) is 0.362. The van der Waals surface area contributed by atoms with Gasteiger partial charge in [0.1, 0.15) is 0 Å². The Balaban J connectivity index is 1.36. The number of carbonyl (C=O) groups excluding carboxylic acids is 1. The fraction of sp³-hybridized carbons (Fsp3) is 0.105. The molecule has 0 radical (unpaired) electrons. The molecular weight excluding hydrogens is 444 g/mol. The van der Waals surface area contributed by atoms with Gasteiger partial charge in [-0.1, -0.05) is 58.1 Å². The molecule has 0 spiro atoms. The highest BCUT2D eigenvalue weighted by Crippen LogP contribution is 2.30. The van der Waals surface area contributed by atoms with Crippen LogP contribution in [-0.4, -0.2) is 26.2 Å². The van der Waals surface area contributed by atoms with Crippen molar-refractivity contribution in [2.24, 2.45) is 0 Å². The van der Waals surface area contributed by atoms with Gasteiger partial charge in [-0.3, -0.25) is 4.79 Å². The summed E-state index contributed by atoms with van der Waals surface area (Å²) in [6.07, 6.45) is 0. The van der Waals surface area contributed by atoms with Gasteiger partial charge in [-0.05, 0) is 30.3 Å². The van der Waals surface area contributed by atoms with Crippen molar-refractivity contribution in [2.75, 3.05) is 10.6 Å². The van der Waals surface area contributed by atoms with Gasteiger partial charge in [-0.25, -0.2) is 0 Å². The number of nitrogens with zero attached hydrogens (tertiary/aromatic N) is 4. The lowest BCUT2D eigenvalue weighted by Crippen LogP contribution is -2.05. The van der Waals surface area contributed by atoms with Crippen molar-refractivity contribution >= 4 is 57.1 Å². The fourth-order valence-corrected chi connectivity index (χ4v) is 4.30. The van der Waals surface area contributed by atoms with Gasteiger partial charge in [0, 0.05) is 28.9 Å². The summed E-state index contributed by atoms with van der Waals surface area (Å²) in [5, 5.41) is 19.5. The molecule has 2 aromatic heterocycles. The molecule has 11 heteroatoms. The lowest BCUT2D eigenvalue weighted by atomic mass is 10.2. The number of benzene rings is 2. The molecule has 0 fully saturated rings. The zero-order valence-electron chi connectivity index (χ0n) is 15.6. The third-order valence-electron chi connectivity index (χ3n) is 3.71. The number of halogens is 1. The van der Waals surface area contributed by atoms with Crippen LogP contribution in [0.2, 0.25) is 5.02 Å². The van der Waals surface area contributed by atoms with Crippen LogP contribution in [0.25, 0.3) is 11.4 Å². The minimum Gasteiger partial charge on any atom is -0.338 e. The molecule has 4 aromatic rings. The molecule has 0 aliphatic heterocycles. The maximum Gasteiger partial charge on any atom is 0.237 e. The van der Waals surface area contributed by atoms with Crippen molar-refractivity contribution in [1.29, 1.82) is 0 Å². The highest BCUT2D eigenvalue weighted by atomic mass is 35.5. The summed E-state index contributed by atoms with van der Waals surface area (Å²) in [5.41, 5.74) is 2.31. The largest absolute Gasteiger partial charge is 0.338 e. The first-order valence-electron chi connectivity index (χ1n) is 8.75. The van der Waals surface area contributed by atoms with Crippen LogP contribution in [0.1, 0.15) is 12.8 Å². The highest BCUT2D eigenvalue weighted by Gasteiger charge is 2.12. The summed E-state index contributed by atoms with van der Waals surface area (Å²) in [4.78, 5) is 15.6. The lowest BCUT2D eigenvalue weighted by Gasteiger charge is -2.05. The lowest BCUT2D eigenvalue weighted by molar-refractivity contribution is -0.114. The van der Waals surface area contributed by atoms with Gasteiger partial charge in [-0.15, -0.1) is 10.2 Å². The summed E-state index contributed by atoms with van der Waals surface area (Å²) in [5.74, 6) is 1.33. The Morgan fingerprint density at radius 3 is 2.83 bits per heavy atom. The van der Waals surface area contributed by atoms with E-state index in [2.05, 4.69) is 31.0 Å². The van der Waals surface area contributed by atoms with Crippen molar-refractivity contribution in [2.45, 2.75) is 17.0 Å². The van der Waals surface area contributed by atoms with Gasteiger partial charge in [0.15, 0.2) is 4.34 Å². The second-order valence-electron chi connectivity index (χ2n) is 6.07. The third kappa shape index (κ3) is 5.35. The summed E-state index contributed by atoms with van der Waals surface area (Å²) in [6, 6.07) is 14.7. The minimum atomic E-state index is -0.124. The van der Waals surface area contributed by atoms with Crippen LogP contribution in [0.3, 0.4) is 0 Å². The van der Waals surface area contributed by atoms with Crippen LogP contribution in [0, 0.1) is 0 Å². The molecule has 0 bridgehead atoms. The number of hydrogen-bond acceptors (Lipinski definition) is 9. The van der Waals surface area contributed by atoms with Gasteiger partial charge in [0.05, 0.1) is 5.75 Å². The molecule has 2 aromatic carbocycles. The Hall–Kier alpha value is -2.95. The molecule has 2 N–H and O–H groups in total. The second-order valence-corrected chi connectivity index (χ2v) is 8.71. The summed E-state index contributed by atoms with van der Waals surface area (Å²) >= 11 is 8.87. The van der Waals surface area contributed by atoms with Crippen molar-refractivity contribution in [1.82, 2.24) is 20.3 Å². The predicted molar refractivity (Wildman–Crippen MR) is 118 cm³/mol. The zero-order valence-corrected chi connectivity index (χ0v) is 18.0. The predicted octanol–water partition coefficient (Wildman–Crippen LogP) is 5.24. The molecule has 0 saturated carbocycles. The zero-order chi connectivity index (χ0) is 20.9. The number of amides is 1. The molecule has 152 valence electrons. The van der Waals surface area contributed by atoms with Gasteiger partial charge >= 0.3 is 0 Å². The smallest absolute Gasteiger partial charge is 0.237 e. The van der Waals surface area contributed by atoms with Crippen LogP contribution in [-0.2, 0) is 10.5 Å². The number of anilines is 3. The average Bonchev–Trinajstić information content (AvgIpc) is 3.36. The minimum absolute atomic E-state index is 0.124. The molecule has 1 amide bonds. The first-order valence-corrected chi connectivity index (χ1v) is 10.9. The molecule has 30 heavy (non-hydrogen) atoms. The summed E-state index contributed by atoms with van der Waals surface area (Å²) in [7, 11) is 0. The monoisotopic (exact) mass is 458 g/mol. The van der Waals surface area contributed by atoms with Crippen molar-refractivity contribution in [3.8, 4) is 11.4 Å². The number of carbonyl (C=O) groups is 1. The first kappa shape index (κ1) is 20.3. The molecule has 0 unspecified atom stereocenters. The molecule has 4 rings (SSSR count). The van der Waals surface area contributed by atoms with E-state index in [1.54, 1.807) is 12.1 Å². The highest BCUT2D eigenvalue weighted by molar-refractivity contribution is 8.00. The summed E-state index contributed by atoms with van der Waals surface area (Å²) < 4.78 is 6.07. The van der Waals surface area contributed by atoms with Crippen LogP contribution in [0.4, 0.5) is 16.5 Å². The van der Waals surface area contributed by atoms with Gasteiger partial charge in [-0.2, -0.15) is 4.98 Å². The average molecular weight is 459 g/mol. The van der Waals surface area contributed by atoms with E-state index in [4.69, 9.17) is 16.1 Å².